The van der Waals surface area contributed by atoms with E-state index in [4.69, 9.17) is 9.47 Å². The van der Waals surface area contributed by atoms with Gasteiger partial charge in [0.2, 0.25) is 5.91 Å². The van der Waals surface area contributed by atoms with E-state index in [1.165, 1.54) is 0 Å². The minimum Gasteiger partial charge on any atom is -0.497 e. The maximum absolute atomic E-state index is 12.2. The zero-order valence-electron chi connectivity index (χ0n) is 12.9. The second-order valence-electron chi connectivity index (χ2n) is 5.28. The third-order valence-corrected chi connectivity index (χ3v) is 3.59. The number of carbonyl (C=O) groups excluding carboxylic acids is 2. The Labute approximate surface area is 130 Å². The van der Waals surface area contributed by atoms with Gasteiger partial charge in [0, 0.05) is 6.54 Å². The van der Waals surface area contributed by atoms with Crippen LogP contribution < -0.4 is 20.1 Å². The van der Waals surface area contributed by atoms with Crippen LogP contribution in [0.25, 0.3) is 0 Å². The largest absolute Gasteiger partial charge is 0.497 e. The molecule has 0 unspecified atom stereocenters. The molecule has 1 heterocycles. The van der Waals surface area contributed by atoms with Gasteiger partial charge in [-0.2, -0.15) is 0 Å². The highest BCUT2D eigenvalue weighted by Gasteiger charge is 2.25. The maximum Gasteiger partial charge on any atom is 0.261 e. The number of benzene rings is 1. The van der Waals surface area contributed by atoms with Gasteiger partial charge in [-0.05, 0) is 50.5 Å². The first-order valence-corrected chi connectivity index (χ1v) is 7.49. The fourth-order valence-corrected chi connectivity index (χ4v) is 2.28. The van der Waals surface area contributed by atoms with E-state index in [9.17, 15) is 9.59 Å². The summed E-state index contributed by atoms with van der Waals surface area (Å²) in [6.45, 7) is 2.33. The maximum atomic E-state index is 12.2. The van der Waals surface area contributed by atoms with Crippen molar-refractivity contribution in [1.29, 1.82) is 0 Å². The lowest BCUT2D eigenvalue weighted by Crippen LogP contribution is -2.49. The molecule has 2 amide bonds. The van der Waals surface area contributed by atoms with Crippen molar-refractivity contribution in [3.05, 3.63) is 24.3 Å². The van der Waals surface area contributed by atoms with Gasteiger partial charge in [-0.15, -0.1) is 0 Å². The predicted molar refractivity (Wildman–Crippen MR) is 81.9 cm³/mol. The average Bonchev–Trinajstić information content (AvgIpc) is 2.73. The molecule has 2 N–H and O–H groups in total. The molecule has 0 aromatic heterocycles. The summed E-state index contributed by atoms with van der Waals surface area (Å²) in [6, 6.07) is 6.52. The van der Waals surface area contributed by atoms with Gasteiger partial charge in [0.1, 0.15) is 17.5 Å². The molecule has 1 aliphatic rings. The molecule has 120 valence electrons. The van der Waals surface area contributed by atoms with Crippen molar-refractivity contribution in [2.45, 2.75) is 38.3 Å². The summed E-state index contributed by atoms with van der Waals surface area (Å²) >= 11 is 0. The molecule has 0 bridgehead atoms. The number of nitrogens with one attached hydrogen (secondary N) is 2. The van der Waals surface area contributed by atoms with Gasteiger partial charge in [0.05, 0.1) is 7.11 Å². The first kappa shape index (κ1) is 16.1. The molecule has 2 rings (SSSR count). The van der Waals surface area contributed by atoms with E-state index in [0.29, 0.717) is 18.7 Å². The van der Waals surface area contributed by atoms with E-state index < -0.39 is 12.1 Å². The van der Waals surface area contributed by atoms with Gasteiger partial charge in [-0.1, -0.05) is 0 Å². The molecule has 1 aromatic carbocycles. The van der Waals surface area contributed by atoms with Crippen molar-refractivity contribution in [2.24, 2.45) is 0 Å². The molecular weight excluding hydrogens is 284 g/mol. The third-order valence-electron chi connectivity index (χ3n) is 3.59. The molecule has 1 saturated heterocycles. The van der Waals surface area contributed by atoms with Crippen LogP contribution in [0.5, 0.6) is 11.5 Å². The van der Waals surface area contributed by atoms with Crippen LogP contribution in [-0.4, -0.2) is 37.6 Å². The average molecular weight is 306 g/mol. The standard InChI is InChI=1S/C16H22N2O4/c1-11(22-13-8-6-12(21-2)7-9-13)15(19)18-14-5-3-4-10-17-16(14)20/h6-9,11,14H,3-5,10H2,1-2H3,(H,17,20)(H,18,19)/t11-,14+/m0/s1. The molecule has 1 aliphatic heterocycles. The Bertz CT molecular complexity index is 515. The molecule has 6 nitrogen and oxygen atoms in total. The summed E-state index contributed by atoms with van der Waals surface area (Å²) < 4.78 is 10.7. The number of methoxy groups -OCH3 is 1. The van der Waals surface area contributed by atoms with Crippen LogP contribution in [0.4, 0.5) is 0 Å². The van der Waals surface area contributed by atoms with Crippen molar-refractivity contribution in [1.82, 2.24) is 10.6 Å². The predicted octanol–water partition coefficient (Wildman–Crippen LogP) is 1.25. The highest BCUT2D eigenvalue weighted by atomic mass is 16.5. The summed E-state index contributed by atoms with van der Waals surface area (Å²) in [7, 11) is 1.59. The van der Waals surface area contributed by atoms with Crippen LogP contribution in [0.15, 0.2) is 24.3 Å². The molecule has 1 fully saturated rings. The molecule has 22 heavy (non-hydrogen) atoms. The third kappa shape index (κ3) is 4.38. The first-order chi connectivity index (χ1) is 10.6. The molecule has 0 radical (unpaired) electrons. The van der Waals surface area contributed by atoms with Crippen molar-refractivity contribution in [3.8, 4) is 11.5 Å². The Balaban J connectivity index is 1.89. The quantitative estimate of drug-likeness (QED) is 0.858. The van der Waals surface area contributed by atoms with Crippen LogP contribution in [0, 0.1) is 0 Å². The second kappa shape index (κ2) is 7.68. The summed E-state index contributed by atoms with van der Waals surface area (Å²) in [5.74, 6) is 0.883. The smallest absolute Gasteiger partial charge is 0.261 e. The fraction of sp³-hybridized carbons (Fsp3) is 0.500. The summed E-state index contributed by atoms with van der Waals surface area (Å²) in [4.78, 5) is 24.0. The summed E-state index contributed by atoms with van der Waals surface area (Å²) in [5, 5.41) is 5.54. The number of carbonyl (C=O) groups is 2. The van der Waals surface area contributed by atoms with Crippen LogP contribution in [0.2, 0.25) is 0 Å². The SMILES string of the molecule is COc1ccc(O[C@@H](C)C(=O)N[C@@H]2CCCCNC2=O)cc1. The van der Waals surface area contributed by atoms with Gasteiger partial charge < -0.3 is 20.1 Å². The normalized spacial score (nSPS) is 19.5. The summed E-state index contributed by atoms with van der Waals surface area (Å²) in [5.41, 5.74) is 0. The lowest BCUT2D eigenvalue weighted by Gasteiger charge is -2.19. The highest BCUT2D eigenvalue weighted by molar-refractivity contribution is 5.89. The molecule has 0 saturated carbocycles. The van der Waals surface area contributed by atoms with Crippen molar-refractivity contribution < 1.29 is 19.1 Å². The first-order valence-electron chi connectivity index (χ1n) is 7.49. The molecule has 6 heteroatoms. The Kier molecular flexibility index (Phi) is 5.63. The Morgan fingerprint density at radius 3 is 2.64 bits per heavy atom. The van der Waals surface area contributed by atoms with E-state index in [-0.39, 0.29) is 11.8 Å². The number of hydrogen-bond donors (Lipinski definition) is 2. The molecule has 1 aromatic rings. The molecular formula is C16H22N2O4. The van der Waals surface area contributed by atoms with Gasteiger partial charge >= 0.3 is 0 Å². The minimum atomic E-state index is -0.676. The topological polar surface area (TPSA) is 76.7 Å². The van der Waals surface area contributed by atoms with Crippen LogP contribution >= 0.6 is 0 Å². The van der Waals surface area contributed by atoms with Crippen LogP contribution in [0.3, 0.4) is 0 Å². The Hall–Kier alpha value is -2.24. The van der Waals surface area contributed by atoms with Gasteiger partial charge in [-0.25, -0.2) is 0 Å². The van der Waals surface area contributed by atoms with Crippen LogP contribution in [-0.2, 0) is 9.59 Å². The number of rotatable bonds is 5. The Morgan fingerprint density at radius 2 is 1.95 bits per heavy atom. The monoisotopic (exact) mass is 306 g/mol. The van der Waals surface area contributed by atoms with E-state index in [1.54, 1.807) is 38.3 Å². The van der Waals surface area contributed by atoms with Crippen molar-refractivity contribution >= 4 is 11.8 Å². The lowest BCUT2D eigenvalue weighted by molar-refractivity contribution is -0.132. The van der Waals surface area contributed by atoms with E-state index in [2.05, 4.69) is 10.6 Å². The molecule has 0 spiro atoms. The lowest BCUT2D eigenvalue weighted by atomic mass is 10.1. The summed E-state index contributed by atoms with van der Waals surface area (Å²) in [6.07, 6.45) is 1.84. The van der Waals surface area contributed by atoms with Gasteiger partial charge in [0.25, 0.3) is 5.91 Å². The van der Waals surface area contributed by atoms with Crippen molar-refractivity contribution in [2.75, 3.05) is 13.7 Å². The van der Waals surface area contributed by atoms with Crippen molar-refractivity contribution in [3.63, 3.8) is 0 Å². The highest BCUT2D eigenvalue weighted by Crippen LogP contribution is 2.18. The molecule has 2 atom stereocenters. The van der Waals surface area contributed by atoms with E-state index >= 15 is 0 Å². The zero-order chi connectivity index (χ0) is 15.9. The molecule has 0 aliphatic carbocycles. The zero-order valence-corrected chi connectivity index (χ0v) is 12.9. The number of amides is 2. The minimum absolute atomic E-state index is 0.123. The van der Waals surface area contributed by atoms with Crippen LogP contribution in [0.1, 0.15) is 26.2 Å². The van der Waals surface area contributed by atoms with E-state index in [1.807, 2.05) is 0 Å². The number of hydrogen-bond acceptors (Lipinski definition) is 4. The van der Waals surface area contributed by atoms with Gasteiger partial charge in [0.15, 0.2) is 6.10 Å². The van der Waals surface area contributed by atoms with Gasteiger partial charge in [-0.3, -0.25) is 9.59 Å². The van der Waals surface area contributed by atoms with E-state index in [0.717, 1.165) is 18.6 Å². The number of ether oxygens (including phenoxy) is 2. The fourth-order valence-electron chi connectivity index (χ4n) is 2.28. The Morgan fingerprint density at radius 1 is 1.27 bits per heavy atom. The second-order valence-corrected chi connectivity index (χ2v) is 5.28.